The first-order valence-corrected chi connectivity index (χ1v) is 11.0. The summed E-state index contributed by atoms with van der Waals surface area (Å²) < 4.78 is 0. The zero-order chi connectivity index (χ0) is 19.7. The largest absolute Gasteiger partial charge is 0.356 e. The van der Waals surface area contributed by atoms with Crippen molar-refractivity contribution in [3.63, 3.8) is 0 Å². The van der Waals surface area contributed by atoms with E-state index in [0.29, 0.717) is 0 Å². The highest BCUT2D eigenvalue weighted by Gasteiger charge is 2.18. The van der Waals surface area contributed by atoms with E-state index in [0.717, 1.165) is 49.3 Å². The number of hydrogen-bond acceptors (Lipinski definition) is 7. The lowest BCUT2D eigenvalue weighted by molar-refractivity contribution is 0.726. The van der Waals surface area contributed by atoms with Crippen molar-refractivity contribution in [1.29, 1.82) is 0 Å². The third-order valence-electron chi connectivity index (χ3n) is 5.62. The smallest absolute Gasteiger partial charge is 0.229 e. The molecule has 7 nitrogen and oxygen atoms in total. The number of rotatable bonds is 5. The summed E-state index contributed by atoms with van der Waals surface area (Å²) >= 11 is 0. The third-order valence-corrected chi connectivity index (χ3v) is 5.62. The van der Waals surface area contributed by atoms with Gasteiger partial charge in [-0.15, -0.1) is 0 Å². The highest BCUT2D eigenvalue weighted by Crippen LogP contribution is 2.25. The Morgan fingerprint density at radius 3 is 2.07 bits per heavy atom. The van der Waals surface area contributed by atoms with E-state index in [1.54, 1.807) is 18.6 Å². The van der Waals surface area contributed by atoms with Gasteiger partial charge in [-0.3, -0.25) is 10.4 Å². The van der Waals surface area contributed by atoms with Crippen LogP contribution < -0.4 is 15.2 Å². The van der Waals surface area contributed by atoms with Gasteiger partial charge in [-0.25, -0.2) is 0 Å². The molecule has 0 amide bonds. The summed E-state index contributed by atoms with van der Waals surface area (Å²) in [5, 5.41) is 4.39. The minimum absolute atomic E-state index is 0.754. The van der Waals surface area contributed by atoms with Gasteiger partial charge in [0.25, 0.3) is 0 Å². The quantitative estimate of drug-likeness (QED) is 0.610. The Balaban J connectivity index is 1.57. The molecule has 4 rings (SSSR count). The average Bonchev–Trinajstić information content (AvgIpc) is 3.20. The van der Waals surface area contributed by atoms with Gasteiger partial charge < -0.3 is 9.80 Å². The monoisotopic (exact) mass is 393 g/mol. The van der Waals surface area contributed by atoms with Crippen molar-refractivity contribution in [3.8, 4) is 0 Å². The maximum absolute atomic E-state index is 4.97. The molecule has 0 saturated carbocycles. The van der Waals surface area contributed by atoms with E-state index >= 15 is 0 Å². The summed E-state index contributed by atoms with van der Waals surface area (Å²) in [5.74, 6) is 2.60. The maximum Gasteiger partial charge on any atom is 0.229 e. The van der Waals surface area contributed by atoms with Crippen molar-refractivity contribution < 1.29 is 0 Å². The fraction of sp³-hybridized carbons (Fsp3) is 0.545. The first-order valence-electron chi connectivity index (χ1n) is 11.0. The maximum atomic E-state index is 4.97. The molecule has 4 heterocycles. The Morgan fingerprint density at radius 1 is 0.793 bits per heavy atom. The molecule has 0 spiro atoms. The Morgan fingerprint density at radius 2 is 1.41 bits per heavy atom. The van der Waals surface area contributed by atoms with Gasteiger partial charge in [0, 0.05) is 44.6 Å². The van der Waals surface area contributed by atoms with Gasteiger partial charge in [0.1, 0.15) is 5.82 Å². The van der Waals surface area contributed by atoms with Gasteiger partial charge in [0.15, 0.2) is 5.82 Å². The summed E-state index contributed by atoms with van der Waals surface area (Å²) in [6.45, 7) is 4.19. The summed E-state index contributed by atoms with van der Waals surface area (Å²) in [6, 6.07) is 5.89. The second-order valence-corrected chi connectivity index (χ2v) is 7.86. The lowest BCUT2D eigenvalue weighted by Gasteiger charge is -2.25. The van der Waals surface area contributed by atoms with Gasteiger partial charge in [-0.2, -0.15) is 15.1 Å². The Hall–Kier alpha value is -2.70. The predicted molar refractivity (Wildman–Crippen MR) is 119 cm³/mol. The van der Waals surface area contributed by atoms with E-state index in [1.807, 2.05) is 18.2 Å². The second kappa shape index (κ2) is 10.2. The molecule has 2 aromatic rings. The number of anilines is 3. The van der Waals surface area contributed by atoms with Crippen LogP contribution in [0.2, 0.25) is 0 Å². The standard InChI is InChI=1S/C22H31N7/c1-2-6-14-28(13-5-1)21-17-20(27-24-18-19-9-11-23-12-10-19)25-22(26-21)29-15-7-3-4-8-16-29/h9-12,17-18H,1-8,13-16H2,(H,25,26,27)/b24-18+. The topological polar surface area (TPSA) is 69.5 Å². The van der Waals surface area contributed by atoms with Crippen molar-refractivity contribution in [1.82, 2.24) is 15.0 Å². The highest BCUT2D eigenvalue weighted by molar-refractivity contribution is 5.79. The number of nitrogens with zero attached hydrogens (tertiary/aromatic N) is 6. The number of hydrazone groups is 1. The molecule has 29 heavy (non-hydrogen) atoms. The van der Waals surface area contributed by atoms with Crippen LogP contribution >= 0.6 is 0 Å². The first kappa shape index (κ1) is 19.6. The molecule has 2 aliphatic heterocycles. The SMILES string of the molecule is C(=N\Nc1cc(N2CCCCCC2)nc(N2CCCCCC2)n1)/c1ccncc1. The molecule has 2 fully saturated rings. The van der Waals surface area contributed by atoms with E-state index in [2.05, 4.69) is 25.3 Å². The van der Waals surface area contributed by atoms with Crippen LogP contribution in [0.5, 0.6) is 0 Å². The van der Waals surface area contributed by atoms with Crippen molar-refractivity contribution in [3.05, 3.63) is 36.2 Å². The van der Waals surface area contributed by atoms with E-state index in [9.17, 15) is 0 Å². The van der Waals surface area contributed by atoms with Crippen molar-refractivity contribution >= 4 is 23.8 Å². The molecule has 0 aliphatic carbocycles. The lowest BCUT2D eigenvalue weighted by atomic mass is 10.2. The second-order valence-electron chi connectivity index (χ2n) is 7.86. The summed E-state index contributed by atoms with van der Waals surface area (Å²) in [5.41, 5.74) is 4.13. The number of nitrogens with one attached hydrogen (secondary N) is 1. The molecule has 2 aromatic heterocycles. The first-order chi connectivity index (χ1) is 14.4. The fourth-order valence-corrected chi connectivity index (χ4v) is 3.98. The van der Waals surface area contributed by atoms with Crippen LogP contribution in [0.4, 0.5) is 17.6 Å². The van der Waals surface area contributed by atoms with Gasteiger partial charge >= 0.3 is 0 Å². The molecule has 2 saturated heterocycles. The van der Waals surface area contributed by atoms with Crippen LogP contribution in [0.25, 0.3) is 0 Å². The molecule has 0 aromatic carbocycles. The molecule has 0 bridgehead atoms. The Labute approximate surface area is 173 Å². The summed E-state index contributed by atoms with van der Waals surface area (Å²) in [4.78, 5) is 18.6. The van der Waals surface area contributed by atoms with E-state index in [-0.39, 0.29) is 0 Å². The van der Waals surface area contributed by atoms with Crippen LogP contribution in [-0.2, 0) is 0 Å². The van der Waals surface area contributed by atoms with Gasteiger partial charge in [0.05, 0.1) is 6.21 Å². The normalized spacial score (nSPS) is 18.5. The molecule has 0 radical (unpaired) electrons. The number of aromatic nitrogens is 3. The van der Waals surface area contributed by atoms with Crippen LogP contribution in [0.1, 0.15) is 56.9 Å². The minimum Gasteiger partial charge on any atom is -0.356 e. The molecule has 0 atom stereocenters. The zero-order valence-corrected chi connectivity index (χ0v) is 17.1. The molecular weight excluding hydrogens is 362 g/mol. The van der Waals surface area contributed by atoms with Crippen LogP contribution in [-0.4, -0.2) is 47.3 Å². The van der Waals surface area contributed by atoms with Crippen molar-refractivity contribution in [2.75, 3.05) is 41.4 Å². The van der Waals surface area contributed by atoms with Crippen molar-refractivity contribution in [2.45, 2.75) is 51.4 Å². The molecular formula is C22H31N7. The summed E-state index contributed by atoms with van der Waals surface area (Å²) in [7, 11) is 0. The molecule has 0 unspecified atom stereocenters. The lowest BCUT2D eigenvalue weighted by Crippen LogP contribution is -2.29. The van der Waals surface area contributed by atoms with E-state index in [1.165, 1.54) is 51.4 Å². The van der Waals surface area contributed by atoms with Gasteiger partial charge in [-0.1, -0.05) is 25.7 Å². The van der Waals surface area contributed by atoms with Crippen LogP contribution in [0, 0.1) is 0 Å². The fourth-order valence-electron chi connectivity index (χ4n) is 3.98. The number of pyridine rings is 1. The van der Waals surface area contributed by atoms with E-state index in [4.69, 9.17) is 9.97 Å². The molecule has 1 N–H and O–H groups in total. The molecule has 154 valence electrons. The van der Waals surface area contributed by atoms with Crippen LogP contribution in [0.3, 0.4) is 0 Å². The molecule has 7 heteroatoms. The Kier molecular flexibility index (Phi) is 6.89. The minimum atomic E-state index is 0.754. The van der Waals surface area contributed by atoms with Crippen LogP contribution in [0.15, 0.2) is 35.7 Å². The van der Waals surface area contributed by atoms with Gasteiger partial charge in [0.2, 0.25) is 5.95 Å². The number of hydrogen-bond donors (Lipinski definition) is 1. The Bertz CT molecular complexity index is 739. The summed E-state index contributed by atoms with van der Waals surface area (Å²) in [6.07, 6.45) is 15.4. The zero-order valence-electron chi connectivity index (χ0n) is 17.1. The predicted octanol–water partition coefficient (Wildman–Crippen LogP) is 4.08. The van der Waals surface area contributed by atoms with E-state index < -0.39 is 0 Å². The van der Waals surface area contributed by atoms with Gasteiger partial charge in [-0.05, 0) is 43.4 Å². The third kappa shape index (κ3) is 5.65. The highest BCUT2D eigenvalue weighted by atomic mass is 15.4. The van der Waals surface area contributed by atoms with Crippen molar-refractivity contribution in [2.24, 2.45) is 5.10 Å². The average molecular weight is 394 g/mol. The molecule has 2 aliphatic rings.